The van der Waals surface area contributed by atoms with E-state index in [2.05, 4.69) is 34.9 Å². The number of rotatable bonds is 3. The van der Waals surface area contributed by atoms with Crippen LogP contribution in [0, 0.1) is 6.92 Å². The highest BCUT2D eigenvalue weighted by Crippen LogP contribution is 2.21. The van der Waals surface area contributed by atoms with Crippen molar-refractivity contribution >= 4 is 17.0 Å². The molecule has 4 heterocycles. The van der Waals surface area contributed by atoms with Gasteiger partial charge >= 0.3 is 0 Å². The van der Waals surface area contributed by atoms with Crippen molar-refractivity contribution in [2.24, 2.45) is 0 Å². The summed E-state index contributed by atoms with van der Waals surface area (Å²) in [4.78, 5) is 20.5. The summed E-state index contributed by atoms with van der Waals surface area (Å²) < 4.78 is 5.29. The predicted molar refractivity (Wildman–Crippen MR) is 80.4 cm³/mol. The summed E-state index contributed by atoms with van der Waals surface area (Å²) in [7, 11) is 0. The highest BCUT2D eigenvalue weighted by Gasteiger charge is 2.21. The summed E-state index contributed by atoms with van der Waals surface area (Å²) in [6.07, 6.45) is 3.23. The van der Waals surface area contributed by atoms with Crippen LogP contribution in [0.2, 0.25) is 0 Å². The molecule has 1 fully saturated rings. The first-order valence-corrected chi connectivity index (χ1v) is 7.33. The van der Waals surface area contributed by atoms with Crippen molar-refractivity contribution in [2.75, 3.05) is 31.1 Å². The van der Waals surface area contributed by atoms with E-state index in [1.54, 1.807) is 12.7 Å². The Hall–Kier alpha value is -2.48. The molecule has 114 valence electrons. The zero-order chi connectivity index (χ0) is 14.9. The minimum atomic E-state index is 0.713. The topological polar surface area (TPSA) is 87.0 Å². The van der Waals surface area contributed by atoms with E-state index in [0.29, 0.717) is 5.65 Å². The van der Waals surface area contributed by atoms with Crippen LogP contribution in [0.15, 0.2) is 23.2 Å². The minimum absolute atomic E-state index is 0.713. The van der Waals surface area contributed by atoms with Crippen molar-refractivity contribution in [3.8, 4) is 0 Å². The van der Waals surface area contributed by atoms with Crippen molar-refractivity contribution in [3.05, 3.63) is 30.2 Å². The molecule has 1 saturated heterocycles. The first kappa shape index (κ1) is 13.2. The third-order valence-electron chi connectivity index (χ3n) is 3.93. The number of H-pyrrole nitrogens is 1. The number of hydrogen-bond acceptors (Lipinski definition) is 7. The number of nitrogens with one attached hydrogen (secondary N) is 1. The molecule has 0 unspecified atom stereocenters. The van der Waals surface area contributed by atoms with E-state index in [1.165, 1.54) is 0 Å². The van der Waals surface area contributed by atoms with E-state index in [1.807, 2.05) is 13.0 Å². The summed E-state index contributed by atoms with van der Waals surface area (Å²) in [5, 5.41) is 3.93. The fourth-order valence-corrected chi connectivity index (χ4v) is 2.82. The Bertz CT molecular complexity index is 772. The average molecular weight is 299 g/mol. The molecule has 22 heavy (non-hydrogen) atoms. The van der Waals surface area contributed by atoms with Crippen LogP contribution in [0.3, 0.4) is 0 Å². The van der Waals surface area contributed by atoms with E-state index in [4.69, 9.17) is 4.52 Å². The molecule has 0 radical (unpaired) electrons. The molecule has 0 aromatic carbocycles. The lowest BCUT2D eigenvalue weighted by atomic mass is 10.2. The normalized spacial score (nSPS) is 16.5. The third-order valence-corrected chi connectivity index (χ3v) is 3.93. The minimum Gasteiger partial charge on any atom is -0.360 e. The van der Waals surface area contributed by atoms with Gasteiger partial charge in [0.15, 0.2) is 17.2 Å². The SMILES string of the molecule is Cc1cc(CN2CCN(c3ncnc4nc[nH]c34)CC2)on1. The number of aryl methyl sites for hydroxylation is 1. The molecule has 1 N–H and O–H groups in total. The number of aromatic amines is 1. The van der Waals surface area contributed by atoms with Gasteiger partial charge in [0.05, 0.1) is 18.6 Å². The smallest absolute Gasteiger partial charge is 0.182 e. The summed E-state index contributed by atoms with van der Waals surface area (Å²) in [5.41, 5.74) is 2.54. The van der Waals surface area contributed by atoms with Gasteiger partial charge in [-0.05, 0) is 6.92 Å². The molecule has 1 aliphatic rings. The van der Waals surface area contributed by atoms with Crippen LogP contribution < -0.4 is 4.90 Å². The fraction of sp³-hybridized carbons (Fsp3) is 0.429. The second-order valence-electron chi connectivity index (χ2n) is 5.50. The Morgan fingerprint density at radius 3 is 2.82 bits per heavy atom. The van der Waals surface area contributed by atoms with Crippen LogP contribution in [0.5, 0.6) is 0 Å². The second kappa shape index (κ2) is 5.38. The zero-order valence-corrected chi connectivity index (χ0v) is 12.4. The quantitative estimate of drug-likeness (QED) is 0.771. The number of hydrogen-bond donors (Lipinski definition) is 1. The maximum absolute atomic E-state index is 5.29. The monoisotopic (exact) mass is 299 g/mol. The van der Waals surface area contributed by atoms with Gasteiger partial charge in [-0.3, -0.25) is 4.90 Å². The summed E-state index contributed by atoms with van der Waals surface area (Å²) >= 11 is 0. The Morgan fingerprint density at radius 1 is 1.18 bits per heavy atom. The molecule has 0 atom stereocenters. The Morgan fingerprint density at radius 2 is 2.05 bits per heavy atom. The van der Waals surface area contributed by atoms with Crippen molar-refractivity contribution in [1.29, 1.82) is 0 Å². The lowest BCUT2D eigenvalue weighted by molar-refractivity contribution is 0.219. The maximum atomic E-state index is 5.29. The predicted octanol–water partition coefficient (Wildman–Crippen LogP) is 0.972. The van der Waals surface area contributed by atoms with E-state index in [-0.39, 0.29) is 0 Å². The van der Waals surface area contributed by atoms with Gasteiger partial charge in [0, 0.05) is 32.2 Å². The average Bonchev–Trinajstić information content (AvgIpc) is 3.16. The summed E-state index contributed by atoms with van der Waals surface area (Å²) in [6.45, 7) is 6.49. The molecule has 4 rings (SSSR count). The molecule has 0 amide bonds. The lowest BCUT2D eigenvalue weighted by Gasteiger charge is -2.34. The summed E-state index contributed by atoms with van der Waals surface area (Å²) in [6, 6.07) is 1.99. The number of aromatic nitrogens is 5. The molecule has 8 nitrogen and oxygen atoms in total. The highest BCUT2D eigenvalue weighted by molar-refractivity contribution is 5.82. The number of imidazole rings is 1. The molecular formula is C14H17N7O. The van der Waals surface area contributed by atoms with Gasteiger partial charge in [-0.1, -0.05) is 5.16 Å². The second-order valence-corrected chi connectivity index (χ2v) is 5.50. The summed E-state index contributed by atoms with van der Waals surface area (Å²) in [5.74, 6) is 1.85. The molecule has 3 aromatic heterocycles. The molecule has 1 aliphatic heterocycles. The van der Waals surface area contributed by atoms with Crippen molar-refractivity contribution in [2.45, 2.75) is 13.5 Å². The molecular weight excluding hydrogens is 282 g/mol. The van der Waals surface area contributed by atoms with E-state index in [9.17, 15) is 0 Å². The fourth-order valence-electron chi connectivity index (χ4n) is 2.82. The first-order chi connectivity index (χ1) is 10.8. The molecule has 0 saturated carbocycles. The maximum Gasteiger partial charge on any atom is 0.182 e. The van der Waals surface area contributed by atoms with E-state index < -0.39 is 0 Å². The Labute approximate surface area is 127 Å². The van der Waals surface area contributed by atoms with Crippen molar-refractivity contribution in [1.82, 2.24) is 30.0 Å². The molecule has 0 spiro atoms. The van der Waals surface area contributed by atoms with E-state index in [0.717, 1.165) is 55.5 Å². The number of piperazine rings is 1. The molecule has 0 aliphatic carbocycles. The Balaban J connectivity index is 1.44. The van der Waals surface area contributed by atoms with E-state index >= 15 is 0 Å². The van der Waals surface area contributed by atoms with Crippen LogP contribution in [0.4, 0.5) is 5.82 Å². The van der Waals surface area contributed by atoms with Gasteiger partial charge in [0.2, 0.25) is 0 Å². The third kappa shape index (κ3) is 2.41. The van der Waals surface area contributed by atoms with Crippen molar-refractivity contribution < 1.29 is 4.52 Å². The van der Waals surface area contributed by atoms with Crippen LogP contribution in [0.1, 0.15) is 11.5 Å². The highest BCUT2D eigenvalue weighted by atomic mass is 16.5. The number of anilines is 1. The van der Waals surface area contributed by atoms with Gasteiger partial charge in [-0.15, -0.1) is 0 Å². The largest absolute Gasteiger partial charge is 0.360 e. The zero-order valence-electron chi connectivity index (χ0n) is 12.4. The van der Waals surface area contributed by atoms with Crippen LogP contribution in [0.25, 0.3) is 11.2 Å². The van der Waals surface area contributed by atoms with Crippen LogP contribution in [-0.4, -0.2) is 56.2 Å². The Kier molecular flexibility index (Phi) is 3.23. The van der Waals surface area contributed by atoms with Crippen LogP contribution >= 0.6 is 0 Å². The lowest BCUT2D eigenvalue weighted by Crippen LogP contribution is -2.46. The molecule has 0 bridgehead atoms. The number of fused-ring (bicyclic) bond motifs is 1. The molecule has 8 heteroatoms. The van der Waals surface area contributed by atoms with Gasteiger partial charge in [-0.2, -0.15) is 0 Å². The van der Waals surface area contributed by atoms with Crippen molar-refractivity contribution in [3.63, 3.8) is 0 Å². The first-order valence-electron chi connectivity index (χ1n) is 7.33. The van der Waals surface area contributed by atoms with Gasteiger partial charge < -0.3 is 14.4 Å². The van der Waals surface area contributed by atoms with Crippen LogP contribution in [-0.2, 0) is 6.54 Å². The van der Waals surface area contributed by atoms with Gasteiger partial charge in [-0.25, -0.2) is 15.0 Å². The number of nitrogens with zero attached hydrogens (tertiary/aromatic N) is 6. The molecule has 3 aromatic rings. The van der Waals surface area contributed by atoms with Gasteiger partial charge in [0.25, 0.3) is 0 Å². The standard InChI is InChI=1S/C14H17N7O/c1-10-6-11(22-19-10)7-20-2-4-21(5-3-20)14-12-13(16-8-15-12)17-9-18-14/h6,8-9H,2-5,7H2,1H3,(H,15,16,17,18). The van der Waals surface area contributed by atoms with Gasteiger partial charge in [0.1, 0.15) is 11.8 Å².